The van der Waals surface area contributed by atoms with E-state index in [1.165, 1.54) is 35.1 Å². The number of aromatic nitrogens is 1. The average molecular weight is 408 g/mol. The summed E-state index contributed by atoms with van der Waals surface area (Å²) >= 11 is 1.23. The topological polar surface area (TPSA) is 60.7 Å². The first-order valence-electron chi connectivity index (χ1n) is 8.91. The highest BCUT2D eigenvalue weighted by Gasteiger charge is 2.32. The van der Waals surface area contributed by atoms with Gasteiger partial charge in [0.1, 0.15) is 5.82 Å². The van der Waals surface area contributed by atoms with Gasteiger partial charge in [0.15, 0.2) is 4.80 Å². The van der Waals surface area contributed by atoms with Crippen molar-refractivity contribution in [3.05, 3.63) is 102 Å². The molecule has 5 nitrogen and oxygen atoms in total. The molecular formula is C22H17FN2O3S. The monoisotopic (exact) mass is 408 g/mol. The van der Waals surface area contributed by atoms with E-state index >= 15 is 0 Å². The number of rotatable bonds is 3. The Morgan fingerprint density at radius 2 is 1.86 bits per heavy atom. The third-order valence-electron chi connectivity index (χ3n) is 4.71. The molecule has 1 aliphatic heterocycles. The Labute approximate surface area is 169 Å². The van der Waals surface area contributed by atoms with Crippen LogP contribution in [0.4, 0.5) is 4.39 Å². The Bertz CT molecular complexity index is 1290. The predicted molar refractivity (Wildman–Crippen MR) is 109 cm³/mol. The van der Waals surface area contributed by atoms with Crippen LogP contribution in [-0.4, -0.2) is 17.6 Å². The molecule has 0 N–H and O–H groups in total. The summed E-state index contributed by atoms with van der Waals surface area (Å²) in [6.45, 7) is 1.74. The number of ether oxygens (including phenoxy) is 1. The van der Waals surface area contributed by atoms with Gasteiger partial charge in [-0.1, -0.05) is 53.8 Å². The fraction of sp³-hybridized carbons (Fsp3) is 0.136. The summed E-state index contributed by atoms with van der Waals surface area (Å²) < 4.78 is 20.1. The highest BCUT2D eigenvalue weighted by molar-refractivity contribution is 7.07. The van der Waals surface area contributed by atoms with Crippen molar-refractivity contribution in [2.24, 2.45) is 4.99 Å². The SMILES string of the molecule is COC(=O)C1=C(C)N=c2sc(=Cc3ccc(F)cc3)c(=O)n2[C@@H]1c1ccccc1. The summed E-state index contributed by atoms with van der Waals surface area (Å²) in [5.74, 6) is -0.862. The van der Waals surface area contributed by atoms with E-state index in [0.717, 1.165) is 5.56 Å². The molecule has 0 radical (unpaired) electrons. The standard InChI is InChI=1S/C22H17FN2O3S/c1-13-18(21(27)28-2)19(15-6-4-3-5-7-15)25-20(26)17(29-22(25)24-13)12-14-8-10-16(23)11-9-14/h3-12,19H,1-2H3/t19-/m1/s1. The van der Waals surface area contributed by atoms with Crippen molar-refractivity contribution in [2.45, 2.75) is 13.0 Å². The Kier molecular flexibility index (Phi) is 4.98. The Morgan fingerprint density at radius 3 is 2.52 bits per heavy atom. The van der Waals surface area contributed by atoms with Crippen molar-refractivity contribution in [3.8, 4) is 0 Å². The van der Waals surface area contributed by atoms with Crippen molar-refractivity contribution in [2.75, 3.05) is 7.11 Å². The van der Waals surface area contributed by atoms with Crippen LogP contribution in [0.15, 0.2) is 75.7 Å². The number of nitrogens with zero attached hydrogens (tertiary/aromatic N) is 2. The molecule has 1 aliphatic rings. The number of fused-ring (bicyclic) bond motifs is 1. The highest BCUT2D eigenvalue weighted by Crippen LogP contribution is 2.30. The largest absolute Gasteiger partial charge is 0.466 e. The fourth-order valence-corrected chi connectivity index (χ4v) is 4.40. The van der Waals surface area contributed by atoms with E-state index in [1.54, 1.807) is 25.1 Å². The zero-order chi connectivity index (χ0) is 20.5. The van der Waals surface area contributed by atoms with Gasteiger partial charge in [-0.15, -0.1) is 0 Å². The van der Waals surface area contributed by atoms with Gasteiger partial charge in [0.05, 0.1) is 29.0 Å². The molecule has 0 aliphatic carbocycles. The number of methoxy groups -OCH3 is 1. The molecule has 2 heterocycles. The van der Waals surface area contributed by atoms with Gasteiger partial charge in [-0.05, 0) is 36.3 Å². The summed E-state index contributed by atoms with van der Waals surface area (Å²) in [7, 11) is 1.31. The molecule has 0 amide bonds. The van der Waals surface area contributed by atoms with Crippen molar-refractivity contribution >= 4 is 23.4 Å². The molecule has 7 heteroatoms. The number of esters is 1. The van der Waals surface area contributed by atoms with Gasteiger partial charge in [0.25, 0.3) is 5.56 Å². The smallest absolute Gasteiger partial charge is 0.338 e. The lowest BCUT2D eigenvalue weighted by atomic mass is 9.96. The quantitative estimate of drug-likeness (QED) is 0.626. The van der Waals surface area contributed by atoms with Crippen LogP contribution in [0.3, 0.4) is 0 Å². The van der Waals surface area contributed by atoms with Crippen molar-refractivity contribution in [1.29, 1.82) is 0 Å². The normalized spacial score (nSPS) is 16.4. The lowest BCUT2D eigenvalue weighted by Gasteiger charge is -2.24. The average Bonchev–Trinajstić information content (AvgIpc) is 3.03. The first kappa shape index (κ1) is 19.0. The van der Waals surface area contributed by atoms with E-state index in [0.29, 0.717) is 26.2 Å². The number of hydrogen-bond acceptors (Lipinski definition) is 5. The maximum Gasteiger partial charge on any atom is 0.338 e. The summed E-state index contributed by atoms with van der Waals surface area (Å²) in [6.07, 6.45) is 1.70. The molecule has 1 aromatic heterocycles. The van der Waals surface area contributed by atoms with E-state index < -0.39 is 12.0 Å². The van der Waals surface area contributed by atoms with Gasteiger partial charge in [0, 0.05) is 0 Å². The molecule has 0 saturated heterocycles. The zero-order valence-electron chi connectivity index (χ0n) is 15.8. The molecule has 4 rings (SSSR count). The molecular weight excluding hydrogens is 391 g/mol. The number of allylic oxidation sites excluding steroid dienone is 1. The second-order valence-corrected chi connectivity index (χ2v) is 7.54. The Balaban J connectivity index is 1.97. The minimum atomic E-state index is -0.629. The Morgan fingerprint density at radius 1 is 1.17 bits per heavy atom. The maximum absolute atomic E-state index is 13.3. The molecule has 0 spiro atoms. The third kappa shape index (κ3) is 3.45. The molecule has 29 heavy (non-hydrogen) atoms. The van der Waals surface area contributed by atoms with Crippen LogP contribution in [0.25, 0.3) is 6.08 Å². The number of thiazole rings is 1. The van der Waals surface area contributed by atoms with Crippen LogP contribution in [0.2, 0.25) is 0 Å². The molecule has 146 valence electrons. The van der Waals surface area contributed by atoms with E-state index in [1.807, 2.05) is 30.3 Å². The number of hydrogen-bond donors (Lipinski definition) is 0. The number of carbonyl (C=O) groups excluding carboxylic acids is 1. The number of carbonyl (C=O) groups is 1. The second-order valence-electron chi connectivity index (χ2n) is 6.54. The summed E-state index contributed by atoms with van der Waals surface area (Å²) in [5, 5.41) is 0. The predicted octanol–water partition coefficient (Wildman–Crippen LogP) is 2.55. The van der Waals surface area contributed by atoms with Gasteiger partial charge < -0.3 is 4.74 Å². The molecule has 0 fully saturated rings. The molecule has 0 unspecified atom stereocenters. The van der Waals surface area contributed by atoms with Crippen LogP contribution in [0.1, 0.15) is 24.1 Å². The van der Waals surface area contributed by atoms with Gasteiger partial charge in [-0.25, -0.2) is 14.2 Å². The highest BCUT2D eigenvalue weighted by atomic mass is 32.1. The molecule has 2 aromatic carbocycles. The van der Waals surface area contributed by atoms with Crippen LogP contribution in [0, 0.1) is 5.82 Å². The summed E-state index contributed by atoms with van der Waals surface area (Å²) in [5.41, 5.74) is 2.08. The first-order valence-corrected chi connectivity index (χ1v) is 9.72. The van der Waals surface area contributed by atoms with E-state index in [2.05, 4.69) is 4.99 Å². The van der Waals surface area contributed by atoms with E-state index in [-0.39, 0.29) is 11.4 Å². The minimum absolute atomic E-state index is 0.263. The lowest BCUT2D eigenvalue weighted by molar-refractivity contribution is -0.136. The van der Waals surface area contributed by atoms with E-state index in [9.17, 15) is 14.0 Å². The number of benzene rings is 2. The van der Waals surface area contributed by atoms with Crippen molar-refractivity contribution in [1.82, 2.24) is 4.57 Å². The summed E-state index contributed by atoms with van der Waals surface area (Å²) in [4.78, 5) is 30.8. The Hall–Kier alpha value is -3.32. The minimum Gasteiger partial charge on any atom is -0.466 e. The molecule has 0 bridgehead atoms. The van der Waals surface area contributed by atoms with Crippen molar-refractivity contribution in [3.63, 3.8) is 0 Å². The van der Waals surface area contributed by atoms with Crippen LogP contribution >= 0.6 is 11.3 Å². The van der Waals surface area contributed by atoms with E-state index in [4.69, 9.17) is 4.74 Å². The maximum atomic E-state index is 13.3. The van der Waals surface area contributed by atoms with Crippen LogP contribution in [-0.2, 0) is 9.53 Å². The molecule has 3 aromatic rings. The van der Waals surface area contributed by atoms with Gasteiger partial charge in [0.2, 0.25) is 0 Å². The molecule has 0 saturated carbocycles. The van der Waals surface area contributed by atoms with Crippen LogP contribution in [0.5, 0.6) is 0 Å². The lowest BCUT2D eigenvalue weighted by Crippen LogP contribution is -2.39. The van der Waals surface area contributed by atoms with Gasteiger partial charge in [-0.3, -0.25) is 9.36 Å². The fourth-order valence-electron chi connectivity index (χ4n) is 3.35. The summed E-state index contributed by atoms with van der Waals surface area (Å²) in [6, 6.07) is 14.6. The van der Waals surface area contributed by atoms with Crippen molar-refractivity contribution < 1.29 is 13.9 Å². The van der Waals surface area contributed by atoms with Gasteiger partial charge >= 0.3 is 5.97 Å². The first-order chi connectivity index (χ1) is 14.0. The zero-order valence-corrected chi connectivity index (χ0v) is 16.6. The van der Waals surface area contributed by atoms with Gasteiger partial charge in [-0.2, -0.15) is 0 Å². The van der Waals surface area contributed by atoms with Crippen LogP contribution < -0.4 is 14.9 Å². The second kappa shape index (κ2) is 7.60. The third-order valence-corrected chi connectivity index (χ3v) is 5.69. The molecule has 1 atom stereocenters. The number of halogens is 1.